The smallest absolute Gasteiger partial charge is 0.261 e. The van der Waals surface area contributed by atoms with Gasteiger partial charge in [-0.3, -0.25) is 9.48 Å². The molecule has 2 aromatic heterocycles. The van der Waals surface area contributed by atoms with Gasteiger partial charge in [0.25, 0.3) is 5.91 Å². The fraction of sp³-hybridized carbons (Fsp3) is 0.391. The molecule has 7 heteroatoms. The number of rotatable bonds is 9. The Morgan fingerprint density at radius 1 is 1.13 bits per heavy atom. The summed E-state index contributed by atoms with van der Waals surface area (Å²) in [6.07, 6.45) is 4.82. The summed E-state index contributed by atoms with van der Waals surface area (Å²) in [6.45, 7) is 3.31. The second kappa shape index (κ2) is 9.07. The fourth-order valence-corrected chi connectivity index (χ4v) is 3.86. The number of aromatic nitrogens is 2. The summed E-state index contributed by atoms with van der Waals surface area (Å²) in [7, 11) is 1.97. The number of aryl methyl sites for hydroxylation is 1. The minimum atomic E-state index is -0.113. The molecule has 1 aliphatic rings. The van der Waals surface area contributed by atoms with Gasteiger partial charge in [0.2, 0.25) is 0 Å². The van der Waals surface area contributed by atoms with Crippen LogP contribution in [0.3, 0.4) is 0 Å². The Kier molecular flexibility index (Phi) is 6.07. The number of carbonyl (C=O) groups excluding carboxylic acids is 1. The number of benzene rings is 1. The van der Waals surface area contributed by atoms with Crippen molar-refractivity contribution in [1.29, 1.82) is 0 Å². The van der Waals surface area contributed by atoms with Crippen molar-refractivity contribution in [2.24, 2.45) is 7.05 Å². The number of nitrogens with zero attached hydrogens (tertiary/aromatic N) is 3. The first-order valence-corrected chi connectivity index (χ1v) is 10.3. The SMILES string of the molecule is CCOc1ccc(OCC(=O)N(Cc2ccco2)Cc2nn(C)c3c2CCC3)cc1. The molecule has 1 aromatic carbocycles. The van der Waals surface area contributed by atoms with E-state index in [0.29, 0.717) is 25.4 Å². The second-order valence-electron chi connectivity index (χ2n) is 7.37. The van der Waals surface area contributed by atoms with Crippen LogP contribution in [0.25, 0.3) is 0 Å². The number of hydrogen-bond acceptors (Lipinski definition) is 5. The minimum Gasteiger partial charge on any atom is -0.494 e. The number of carbonyl (C=O) groups is 1. The molecular formula is C23H27N3O4. The van der Waals surface area contributed by atoms with Gasteiger partial charge in [0.1, 0.15) is 17.3 Å². The van der Waals surface area contributed by atoms with E-state index in [9.17, 15) is 4.79 Å². The van der Waals surface area contributed by atoms with E-state index in [2.05, 4.69) is 5.10 Å². The molecule has 2 heterocycles. The molecule has 0 spiro atoms. The van der Waals surface area contributed by atoms with E-state index in [1.54, 1.807) is 23.3 Å². The Balaban J connectivity index is 1.45. The van der Waals surface area contributed by atoms with Crippen LogP contribution in [0.1, 0.15) is 36.1 Å². The van der Waals surface area contributed by atoms with Gasteiger partial charge >= 0.3 is 0 Å². The third-order valence-corrected chi connectivity index (χ3v) is 5.32. The highest BCUT2D eigenvalue weighted by atomic mass is 16.5. The topological polar surface area (TPSA) is 69.7 Å². The van der Waals surface area contributed by atoms with Crippen molar-refractivity contribution in [3.63, 3.8) is 0 Å². The molecule has 0 fully saturated rings. The molecule has 0 saturated heterocycles. The van der Waals surface area contributed by atoms with Crippen molar-refractivity contribution in [3.05, 3.63) is 65.4 Å². The molecule has 0 aliphatic heterocycles. The summed E-state index contributed by atoms with van der Waals surface area (Å²) in [5.41, 5.74) is 3.52. The quantitative estimate of drug-likeness (QED) is 0.541. The van der Waals surface area contributed by atoms with Gasteiger partial charge in [-0.05, 0) is 68.1 Å². The van der Waals surface area contributed by atoms with Gasteiger partial charge in [0.05, 0.1) is 31.7 Å². The molecule has 4 rings (SSSR count). The number of furan rings is 1. The Hall–Kier alpha value is -3.22. The summed E-state index contributed by atoms with van der Waals surface area (Å²) in [5, 5.41) is 4.67. The zero-order chi connectivity index (χ0) is 20.9. The molecule has 1 aliphatic carbocycles. The molecule has 0 radical (unpaired) electrons. The molecule has 0 bridgehead atoms. The van der Waals surface area contributed by atoms with Crippen LogP contribution < -0.4 is 9.47 Å². The molecule has 0 saturated carbocycles. The Bertz CT molecular complexity index is 977. The van der Waals surface area contributed by atoms with Crippen molar-refractivity contribution in [2.75, 3.05) is 13.2 Å². The van der Waals surface area contributed by atoms with Crippen molar-refractivity contribution < 1.29 is 18.7 Å². The van der Waals surface area contributed by atoms with Crippen LogP contribution in [0.5, 0.6) is 11.5 Å². The van der Waals surface area contributed by atoms with Gasteiger partial charge in [-0.1, -0.05) is 0 Å². The summed E-state index contributed by atoms with van der Waals surface area (Å²) in [6, 6.07) is 11.0. The standard InChI is InChI=1S/C23H27N3O4/c1-3-28-17-9-11-18(12-10-17)30-16-23(27)26(14-19-6-5-13-29-19)15-21-20-7-4-8-22(20)25(2)24-21/h5-6,9-13H,3-4,7-8,14-16H2,1-2H3. The second-order valence-corrected chi connectivity index (χ2v) is 7.37. The predicted molar refractivity (Wildman–Crippen MR) is 111 cm³/mol. The van der Waals surface area contributed by atoms with Gasteiger partial charge in [0, 0.05) is 12.7 Å². The predicted octanol–water partition coefficient (Wildman–Crippen LogP) is 3.51. The normalized spacial score (nSPS) is 12.6. The number of hydrogen-bond donors (Lipinski definition) is 0. The highest BCUT2D eigenvalue weighted by molar-refractivity contribution is 5.77. The van der Waals surface area contributed by atoms with E-state index in [1.165, 1.54) is 11.3 Å². The minimum absolute atomic E-state index is 0.0519. The summed E-state index contributed by atoms with van der Waals surface area (Å²) in [5.74, 6) is 2.03. The van der Waals surface area contributed by atoms with Crippen LogP contribution in [-0.2, 0) is 37.8 Å². The molecule has 0 N–H and O–H groups in total. The van der Waals surface area contributed by atoms with Crippen LogP contribution >= 0.6 is 0 Å². The molecule has 158 valence electrons. The maximum Gasteiger partial charge on any atom is 0.261 e. The van der Waals surface area contributed by atoms with Crippen molar-refractivity contribution in [2.45, 2.75) is 39.3 Å². The van der Waals surface area contributed by atoms with E-state index in [1.807, 2.05) is 42.9 Å². The van der Waals surface area contributed by atoms with Gasteiger partial charge in [-0.25, -0.2) is 0 Å². The lowest BCUT2D eigenvalue weighted by Crippen LogP contribution is -2.34. The lowest BCUT2D eigenvalue weighted by atomic mass is 10.2. The first-order valence-electron chi connectivity index (χ1n) is 10.3. The lowest BCUT2D eigenvalue weighted by molar-refractivity contribution is -0.135. The molecule has 3 aromatic rings. The largest absolute Gasteiger partial charge is 0.494 e. The summed E-state index contributed by atoms with van der Waals surface area (Å²) < 4.78 is 18.6. The van der Waals surface area contributed by atoms with Gasteiger partial charge in [-0.15, -0.1) is 0 Å². The maximum absolute atomic E-state index is 13.0. The average molecular weight is 409 g/mol. The van der Waals surface area contributed by atoms with Gasteiger partial charge < -0.3 is 18.8 Å². The number of fused-ring (bicyclic) bond motifs is 1. The van der Waals surface area contributed by atoms with Crippen LogP contribution in [0, 0.1) is 0 Å². The Morgan fingerprint density at radius 2 is 1.90 bits per heavy atom. The number of ether oxygens (including phenoxy) is 2. The van der Waals surface area contributed by atoms with Gasteiger partial charge in [0.15, 0.2) is 6.61 Å². The first kappa shape index (κ1) is 20.1. The lowest BCUT2D eigenvalue weighted by Gasteiger charge is -2.21. The Morgan fingerprint density at radius 3 is 2.60 bits per heavy atom. The fourth-order valence-electron chi connectivity index (χ4n) is 3.86. The third kappa shape index (κ3) is 4.50. The Labute approximate surface area is 176 Å². The van der Waals surface area contributed by atoms with E-state index >= 15 is 0 Å². The van der Waals surface area contributed by atoms with Crippen LogP contribution in [0.2, 0.25) is 0 Å². The summed E-state index contributed by atoms with van der Waals surface area (Å²) >= 11 is 0. The molecule has 0 unspecified atom stereocenters. The van der Waals surface area contributed by atoms with Crippen molar-refractivity contribution >= 4 is 5.91 Å². The van der Waals surface area contributed by atoms with E-state index in [-0.39, 0.29) is 12.5 Å². The molecule has 7 nitrogen and oxygen atoms in total. The molecular weight excluding hydrogens is 382 g/mol. The highest BCUT2D eigenvalue weighted by Gasteiger charge is 2.25. The average Bonchev–Trinajstić information content (AvgIpc) is 3.48. The van der Waals surface area contributed by atoms with E-state index < -0.39 is 0 Å². The number of amides is 1. The van der Waals surface area contributed by atoms with E-state index in [4.69, 9.17) is 13.9 Å². The maximum atomic E-state index is 13.0. The van der Waals surface area contributed by atoms with E-state index in [0.717, 1.165) is 36.5 Å². The molecule has 0 atom stereocenters. The van der Waals surface area contributed by atoms with Crippen molar-refractivity contribution in [3.8, 4) is 11.5 Å². The monoisotopic (exact) mass is 409 g/mol. The van der Waals surface area contributed by atoms with Crippen molar-refractivity contribution in [1.82, 2.24) is 14.7 Å². The van der Waals surface area contributed by atoms with Crippen LogP contribution in [0.4, 0.5) is 0 Å². The molecule has 1 amide bonds. The first-order chi connectivity index (χ1) is 14.6. The van der Waals surface area contributed by atoms with Gasteiger partial charge in [-0.2, -0.15) is 5.10 Å². The van der Waals surface area contributed by atoms with Crippen LogP contribution in [-0.4, -0.2) is 33.8 Å². The highest BCUT2D eigenvalue weighted by Crippen LogP contribution is 2.26. The third-order valence-electron chi connectivity index (χ3n) is 5.32. The summed E-state index contributed by atoms with van der Waals surface area (Å²) in [4.78, 5) is 14.8. The zero-order valence-electron chi connectivity index (χ0n) is 17.5. The molecule has 30 heavy (non-hydrogen) atoms. The zero-order valence-corrected chi connectivity index (χ0v) is 17.5. The van der Waals surface area contributed by atoms with Crippen LogP contribution in [0.15, 0.2) is 47.1 Å².